The topological polar surface area (TPSA) is 89.1 Å². The number of benzene rings is 1. The molecule has 0 spiro atoms. The summed E-state index contributed by atoms with van der Waals surface area (Å²) in [6.45, 7) is 0. The van der Waals surface area contributed by atoms with Crippen LogP contribution in [-0.4, -0.2) is 21.0 Å². The number of anilines is 1. The van der Waals surface area contributed by atoms with Gasteiger partial charge in [-0.15, -0.1) is 0 Å². The molecule has 6 heteroatoms. The summed E-state index contributed by atoms with van der Waals surface area (Å²) in [6.07, 6.45) is 3.52. The number of nitrogens with zero attached hydrogens (tertiary/aromatic N) is 2. The van der Waals surface area contributed by atoms with Crippen molar-refractivity contribution in [2.45, 2.75) is 6.42 Å². The summed E-state index contributed by atoms with van der Waals surface area (Å²) < 4.78 is 0. The van der Waals surface area contributed by atoms with E-state index in [1.807, 2.05) is 12.1 Å². The first-order valence-electron chi connectivity index (χ1n) is 6.55. The number of rotatable bonds is 3. The second-order valence-electron chi connectivity index (χ2n) is 4.93. The van der Waals surface area contributed by atoms with Gasteiger partial charge in [0, 0.05) is 29.9 Å². The van der Waals surface area contributed by atoms with Gasteiger partial charge in [0.25, 0.3) is 0 Å². The normalized spacial score (nSPS) is 10.8. The molecule has 2 aromatic heterocycles. The molecule has 1 aromatic carbocycles. The second-order valence-corrected chi connectivity index (χ2v) is 5.36. The summed E-state index contributed by atoms with van der Waals surface area (Å²) in [5, 5.41) is 10.4. The van der Waals surface area contributed by atoms with Crippen molar-refractivity contribution in [3.8, 4) is 0 Å². The highest BCUT2D eigenvalue weighted by Crippen LogP contribution is 2.25. The molecule has 0 amide bonds. The van der Waals surface area contributed by atoms with Crippen LogP contribution in [0.1, 0.15) is 21.6 Å². The van der Waals surface area contributed by atoms with Gasteiger partial charge in [-0.05, 0) is 35.9 Å². The molecule has 110 valence electrons. The van der Waals surface area contributed by atoms with Gasteiger partial charge >= 0.3 is 5.97 Å². The highest BCUT2D eigenvalue weighted by atomic mass is 35.5. The molecule has 0 atom stereocenters. The number of nitrogens with two attached hydrogens (primary N) is 1. The zero-order chi connectivity index (χ0) is 15.7. The Morgan fingerprint density at radius 1 is 1.23 bits per heavy atom. The average Bonchev–Trinajstić information content (AvgIpc) is 2.47. The van der Waals surface area contributed by atoms with E-state index in [4.69, 9.17) is 22.4 Å². The predicted molar refractivity (Wildman–Crippen MR) is 85.2 cm³/mol. The van der Waals surface area contributed by atoms with Crippen molar-refractivity contribution >= 4 is 34.2 Å². The molecule has 0 aliphatic carbocycles. The van der Waals surface area contributed by atoms with Gasteiger partial charge in [0.15, 0.2) is 0 Å². The van der Waals surface area contributed by atoms with Crippen molar-refractivity contribution < 1.29 is 9.90 Å². The van der Waals surface area contributed by atoms with E-state index >= 15 is 0 Å². The molecule has 0 saturated heterocycles. The number of fused-ring (bicyclic) bond motifs is 1. The van der Waals surface area contributed by atoms with E-state index in [0.29, 0.717) is 28.3 Å². The largest absolute Gasteiger partial charge is 0.478 e. The first-order chi connectivity index (χ1) is 10.5. The van der Waals surface area contributed by atoms with Gasteiger partial charge in [-0.2, -0.15) is 0 Å². The van der Waals surface area contributed by atoms with Crippen LogP contribution in [-0.2, 0) is 6.42 Å². The second kappa shape index (κ2) is 5.61. The summed E-state index contributed by atoms with van der Waals surface area (Å²) >= 11 is 5.96. The van der Waals surface area contributed by atoms with Crippen molar-refractivity contribution in [3.63, 3.8) is 0 Å². The molecule has 0 bridgehead atoms. The van der Waals surface area contributed by atoms with Crippen LogP contribution in [0.2, 0.25) is 5.02 Å². The van der Waals surface area contributed by atoms with E-state index in [1.165, 1.54) is 12.3 Å². The Labute approximate surface area is 131 Å². The Morgan fingerprint density at radius 3 is 2.82 bits per heavy atom. The Morgan fingerprint density at radius 2 is 2.05 bits per heavy atom. The maximum atomic E-state index is 11.0. The third-order valence-electron chi connectivity index (χ3n) is 3.29. The van der Waals surface area contributed by atoms with Crippen LogP contribution in [0, 0.1) is 0 Å². The molecule has 0 aliphatic rings. The third kappa shape index (κ3) is 2.84. The standard InChI is InChI=1S/C16H12ClN3O2/c17-12-6-11-3-9(5-14(18)15(11)20-8-12)4-13-7-10(16(21)22)1-2-19-13/h1-3,5-8H,4,18H2,(H,21,22). The number of carboxylic acids is 1. The van der Waals surface area contributed by atoms with Crippen molar-refractivity contribution in [1.29, 1.82) is 0 Å². The molecule has 5 nitrogen and oxygen atoms in total. The molecular weight excluding hydrogens is 302 g/mol. The maximum Gasteiger partial charge on any atom is 0.335 e. The van der Waals surface area contributed by atoms with Gasteiger partial charge in [-0.25, -0.2) is 4.79 Å². The highest BCUT2D eigenvalue weighted by Gasteiger charge is 2.08. The molecular formula is C16H12ClN3O2. The van der Waals surface area contributed by atoms with E-state index in [-0.39, 0.29) is 5.56 Å². The number of nitrogen functional groups attached to an aromatic ring is 1. The first kappa shape index (κ1) is 14.3. The molecule has 3 aromatic rings. The van der Waals surface area contributed by atoms with Crippen LogP contribution in [0.3, 0.4) is 0 Å². The molecule has 0 fully saturated rings. The van der Waals surface area contributed by atoms with Crippen LogP contribution in [0.4, 0.5) is 5.69 Å². The minimum absolute atomic E-state index is 0.212. The fraction of sp³-hybridized carbons (Fsp3) is 0.0625. The lowest BCUT2D eigenvalue weighted by molar-refractivity contribution is 0.0696. The molecule has 3 rings (SSSR count). The van der Waals surface area contributed by atoms with Gasteiger partial charge in [-0.3, -0.25) is 9.97 Å². The smallest absolute Gasteiger partial charge is 0.335 e. The van der Waals surface area contributed by atoms with E-state index in [0.717, 1.165) is 10.9 Å². The summed E-state index contributed by atoms with van der Waals surface area (Å²) in [5.41, 5.74) is 9.06. The SMILES string of the molecule is Nc1cc(Cc2cc(C(=O)O)ccn2)cc2cc(Cl)cnc12. The van der Waals surface area contributed by atoms with E-state index in [2.05, 4.69) is 9.97 Å². The zero-order valence-corrected chi connectivity index (χ0v) is 12.2. The number of hydrogen-bond donors (Lipinski definition) is 2. The van der Waals surface area contributed by atoms with E-state index in [9.17, 15) is 4.79 Å². The number of hydrogen-bond acceptors (Lipinski definition) is 4. The quantitative estimate of drug-likeness (QED) is 0.725. The van der Waals surface area contributed by atoms with Crippen LogP contribution in [0.25, 0.3) is 10.9 Å². The Balaban J connectivity index is 2.00. The fourth-order valence-electron chi connectivity index (χ4n) is 2.33. The van der Waals surface area contributed by atoms with Crippen molar-refractivity contribution in [1.82, 2.24) is 9.97 Å². The number of pyridine rings is 2. The number of carbonyl (C=O) groups is 1. The van der Waals surface area contributed by atoms with E-state index in [1.54, 1.807) is 18.3 Å². The molecule has 3 N–H and O–H groups in total. The lowest BCUT2D eigenvalue weighted by atomic mass is 10.0. The molecule has 0 saturated carbocycles. The van der Waals surface area contributed by atoms with Crippen molar-refractivity contribution in [3.05, 3.63) is 64.6 Å². The number of carboxylic acid groups (broad SMARTS) is 1. The number of halogens is 1. The van der Waals surface area contributed by atoms with Crippen LogP contribution in [0.15, 0.2) is 42.7 Å². The summed E-state index contributed by atoms with van der Waals surface area (Å²) in [4.78, 5) is 19.4. The molecule has 2 heterocycles. The monoisotopic (exact) mass is 313 g/mol. The minimum Gasteiger partial charge on any atom is -0.478 e. The zero-order valence-electron chi connectivity index (χ0n) is 11.5. The van der Waals surface area contributed by atoms with Gasteiger partial charge in [0.2, 0.25) is 0 Å². The number of aromatic nitrogens is 2. The minimum atomic E-state index is -0.974. The summed E-state index contributed by atoms with van der Waals surface area (Å²) in [5.74, 6) is -0.974. The van der Waals surface area contributed by atoms with Crippen LogP contribution < -0.4 is 5.73 Å². The van der Waals surface area contributed by atoms with Gasteiger partial charge in [-0.1, -0.05) is 11.6 Å². The predicted octanol–water partition coefficient (Wildman–Crippen LogP) is 3.15. The van der Waals surface area contributed by atoms with Gasteiger partial charge < -0.3 is 10.8 Å². The van der Waals surface area contributed by atoms with Crippen molar-refractivity contribution in [2.24, 2.45) is 0 Å². The number of aromatic carboxylic acids is 1. The molecule has 0 unspecified atom stereocenters. The fourth-order valence-corrected chi connectivity index (χ4v) is 2.50. The highest BCUT2D eigenvalue weighted by molar-refractivity contribution is 6.31. The van der Waals surface area contributed by atoms with Crippen LogP contribution in [0.5, 0.6) is 0 Å². The maximum absolute atomic E-state index is 11.0. The lowest BCUT2D eigenvalue weighted by Crippen LogP contribution is -2.00. The average molecular weight is 314 g/mol. The summed E-state index contributed by atoms with van der Waals surface area (Å²) in [7, 11) is 0. The first-order valence-corrected chi connectivity index (χ1v) is 6.92. The van der Waals surface area contributed by atoms with E-state index < -0.39 is 5.97 Å². The summed E-state index contributed by atoms with van der Waals surface area (Å²) in [6, 6.07) is 8.56. The molecule has 0 radical (unpaired) electrons. The Hall–Kier alpha value is -2.66. The van der Waals surface area contributed by atoms with Gasteiger partial charge in [0.1, 0.15) is 0 Å². The van der Waals surface area contributed by atoms with Crippen molar-refractivity contribution in [2.75, 3.05) is 5.73 Å². The third-order valence-corrected chi connectivity index (χ3v) is 3.49. The van der Waals surface area contributed by atoms with Crippen LogP contribution >= 0.6 is 11.6 Å². The Kier molecular flexibility index (Phi) is 3.65. The molecule has 0 aliphatic heterocycles. The lowest BCUT2D eigenvalue weighted by Gasteiger charge is -2.07. The Bertz CT molecular complexity index is 880. The van der Waals surface area contributed by atoms with Gasteiger partial charge in [0.05, 0.1) is 21.8 Å². The molecule has 22 heavy (non-hydrogen) atoms.